The molecule has 1 N–H and O–H groups in total. The number of hydrogen-bond donors (Lipinski definition) is 1. The minimum Gasteiger partial charge on any atom is -0.333 e. The van der Waals surface area contributed by atoms with Crippen molar-refractivity contribution in [1.29, 1.82) is 0 Å². The lowest BCUT2D eigenvalue weighted by Crippen LogP contribution is -2.38. The molecule has 0 radical (unpaired) electrons. The second-order valence-corrected chi connectivity index (χ2v) is 8.14. The van der Waals surface area contributed by atoms with Crippen LogP contribution in [-0.4, -0.2) is 34.8 Å². The zero-order valence-corrected chi connectivity index (χ0v) is 18.5. The average Bonchev–Trinajstić information content (AvgIpc) is 3.19. The van der Waals surface area contributed by atoms with E-state index in [9.17, 15) is 9.59 Å². The van der Waals surface area contributed by atoms with Crippen molar-refractivity contribution < 1.29 is 9.59 Å². The van der Waals surface area contributed by atoms with E-state index in [0.717, 1.165) is 30.5 Å². The summed E-state index contributed by atoms with van der Waals surface area (Å²) in [5.74, 6) is -0.120. The van der Waals surface area contributed by atoms with E-state index in [-0.39, 0.29) is 18.4 Å². The molecule has 1 heterocycles. The van der Waals surface area contributed by atoms with E-state index >= 15 is 0 Å². The maximum Gasteiger partial charge on any atom is 0.245 e. The number of rotatable bonds is 13. The van der Waals surface area contributed by atoms with E-state index in [2.05, 4.69) is 17.2 Å². The van der Waals surface area contributed by atoms with Crippen molar-refractivity contribution in [2.45, 2.75) is 65.2 Å². The monoisotopic (exact) mass is 415 g/mol. The Morgan fingerprint density at radius 3 is 2.45 bits per heavy atom. The van der Waals surface area contributed by atoms with Gasteiger partial charge in [0.1, 0.15) is 0 Å². The van der Waals surface area contributed by atoms with Crippen LogP contribution in [0.25, 0.3) is 11.3 Å². The van der Waals surface area contributed by atoms with Crippen molar-refractivity contribution in [3.05, 3.63) is 35.7 Å². The lowest BCUT2D eigenvalue weighted by Gasteiger charge is -2.21. The molecule has 0 saturated heterocycles. The summed E-state index contributed by atoms with van der Waals surface area (Å²) in [7, 11) is 0. The van der Waals surface area contributed by atoms with Gasteiger partial charge in [-0.1, -0.05) is 76.3 Å². The molecule has 0 atom stereocenters. The van der Waals surface area contributed by atoms with Crippen LogP contribution in [0.5, 0.6) is 0 Å². The van der Waals surface area contributed by atoms with E-state index in [1.54, 1.807) is 4.90 Å². The van der Waals surface area contributed by atoms with Gasteiger partial charge in [0.05, 0.1) is 12.2 Å². The van der Waals surface area contributed by atoms with Gasteiger partial charge in [0.15, 0.2) is 5.13 Å². The third-order valence-corrected chi connectivity index (χ3v) is 5.50. The molecule has 29 heavy (non-hydrogen) atoms. The minimum atomic E-state index is -0.191. The summed E-state index contributed by atoms with van der Waals surface area (Å²) < 4.78 is 0. The summed E-state index contributed by atoms with van der Waals surface area (Å²) in [6.07, 6.45) is 8.26. The Balaban J connectivity index is 1.81. The number of hydrogen-bond acceptors (Lipinski definition) is 4. The molecule has 2 aromatic rings. The summed E-state index contributed by atoms with van der Waals surface area (Å²) >= 11 is 1.40. The SMILES string of the molecule is CCCCCCCCC(=O)N(CCC)CC(=O)Nc1nc(-c2ccccc2)cs1. The highest BCUT2D eigenvalue weighted by atomic mass is 32.1. The summed E-state index contributed by atoms with van der Waals surface area (Å²) in [6, 6.07) is 9.87. The standard InChI is InChI=1S/C23H33N3O2S/c1-3-5-6-7-8-12-15-22(28)26(16-4-2)17-21(27)25-23-24-20(18-29-23)19-13-10-9-11-14-19/h9-11,13-14,18H,3-8,12,15-17H2,1-2H3,(H,24,25,27). The number of carbonyl (C=O) groups is 2. The Morgan fingerprint density at radius 1 is 1.00 bits per heavy atom. The number of benzene rings is 1. The molecule has 6 heteroatoms. The molecule has 1 aromatic carbocycles. The molecule has 0 bridgehead atoms. The highest BCUT2D eigenvalue weighted by molar-refractivity contribution is 7.14. The summed E-state index contributed by atoms with van der Waals surface area (Å²) in [4.78, 5) is 31.2. The van der Waals surface area contributed by atoms with Crippen molar-refractivity contribution in [1.82, 2.24) is 9.88 Å². The smallest absolute Gasteiger partial charge is 0.245 e. The third kappa shape index (κ3) is 8.36. The van der Waals surface area contributed by atoms with Gasteiger partial charge in [0, 0.05) is 23.9 Å². The third-order valence-electron chi connectivity index (χ3n) is 4.74. The van der Waals surface area contributed by atoms with E-state index in [0.29, 0.717) is 18.1 Å². The fraction of sp³-hybridized carbons (Fsp3) is 0.522. The molecule has 0 aliphatic rings. The van der Waals surface area contributed by atoms with Crippen LogP contribution in [0.4, 0.5) is 5.13 Å². The Bertz CT molecular complexity index is 746. The van der Waals surface area contributed by atoms with Crippen LogP contribution in [0.3, 0.4) is 0 Å². The summed E-state index contributed by atoms with van der Waals surface area (Å²) in [5, 5.41) is 5.33. The molecule has 0 aliphatic heterocycles. The summed E-state index contributed by atoms with van der Waals surface area (Å²) in [5.41, 5.74) is 1.86. The van der Waals surface area contributed by atoms with Gasteiger partial charge in [-0.25, -0.2) is 4.98 Å². The molecule has 0 fully saturated rings. The molecule has 2 rings (SSSR count). The van der Waals surface area contributed by atoms with Crippen molar-refractivity contribution in [2.75, 3.05) is 18.4 Å². The van der Waals surface area contributed by atoms with E-state index in [1.807, 2.05) is 42.6 Å². The zero-order chi connectivity index (χ0) is 20.9. The van der Waals surface area contributed by atoms with Crippen LogP contribution < -0.4 is 5.32 Å². The van der Waals surface area contributed by atoms with Gasteiger partial charge in [0.2, 0.25) is 11.8 Å². The van der Waals surface area contributed by atoms with E-state index in [1.165, 1.54) is 37.0 Å². The molecule has 0 aliphatic carbocycles. The molecule has 0 spiro atoms. The number of unbranched alkanes of at least 4 members (excludes halogenated alkanes) is 5. The van der Waals surface area contributed by atoms with Crippen LogP contribution in [-0.2, 0) is 9.59 Å². The summed E-state index contributed by atoms with van der Waals surface area (Å²) in [6.45, 7) is 4.92. The van der Waals surface area contributed by atoms with Crippen molar-refractivity contribution in [2.24, 2.45) is 0 Å². The first-order valence-electron chi connectivity index (χ1n) is 10.7. The predicted molar refractivity (Wildman–Crippen MR) is 121 cm³/mol. The van der Waals surface area contributed by atoms with Gasteiger partial charge in [-0.3, -0.25) is 9.59 Å². The van der Waals surface area contributed by atoms with Crippen LogP contribution in [0, 0.1) is 0 Å². The van der Waals surface area contributed by atoms with Crippen molar-refractivity contribution >= 4 is 28.3 Å². The Morgan fingerprint density at radius 2 is 1.72 bits per heavy atom. The topological polar surface area (TPSA) is 62.3 Å². The van der Waals surface area contributed by atoms with E-state index < -0.39 is 0 Å². The number of amides is 2. The molecule has 0 saturated carbocycles. The fourth-order valence-electron chi connectivity index (χ4n) is 3.18. The van der Waals surface area contributed by atoms with Crippen LogP contribution in [0.15, 0.2) is 35.7 Å². The molecular weight excluding hydrogens is 382 g/mol. The van der Waals surface area contributed by atoms with E-state index in [4.69, 9.17) is 0 Å². The molecule has 2 amide bonds. The maximum atomic E-state index is 12.5. The highest BCUT2D eigenvalue weighted by Gasteiger charge is 2.17. The number of nitrogens with one attached hydrogen (secondary N) is 1. The van der Waals surface area contributed by atoms with Gasteiger partial charge in [-0.05, 0) is 12.8 Å². The second kappa shape index (κ2) is 13.1. The fourth-order valence-corrected chi connectivity index (χ4v) is 3.92. The number of aromatic nitrogens is 1. The number of anilines is 1. The lowest BCUT2D eigenvalue weighted by molar-refractivity contribution is -0.134. The van der Waals surface area contributed by atoms with Crippen molar-refractivity contribution in [3.8, 4) is 11.3 Å². The molecule has 158 valence electrons. The number of carbonyl (C=O) groups excluding carboxylic acids is 2. The Labute approximate surface area is 178 Å². The zero-order valence-electron chi connectivity index (χ0n) is 17.7. The van der Waals surface area contributed by atoms with Gasteiger partial charge >= 0.3 is 0 Å². The lowest BCUT2D eigenvalue weighted by atomic mass is 10.1. The largest absolute Gasteiger partial charge is 0.333 e. The Kier molecular flexibility index (Phi) is 10.4. The highest BCUT2D eigenvalue weighted by Crippen LogP contribution is 2.24. The van der Waals surface area contributed by atoms with Crippen LogP contribution in [0.2, 0.25) is 0 Å². The maximum absolute atomic E-state index is 12.5. The molecule has 0 unspecified atom stereocenters. The first-order chi connectivity index (χ1) is 14.1. The average molecular weight is 416 g/mol. The van der Waals surface area contributed by atoms with Crippen LogP contribution in [0.1, 0.15) is 65.2 Å². The molecule has 5 nitrogen and oxygen atoms in total. The first kappa shape index (κ1) is 23.1. The van der Waals surface area contributed by atoms with Crippen LogP contribution >= 0.6 is 11.3 Å². The van der Waals surface area contributed by atoms with Gasteiger partial charge < -0.3 is 10.2 Å². The predicted octanol–water partition coefficient (Wildman–Crippen LogP) is 5.74. The van der Waals surface area contributed by atoms with Gasteiger partial charge in [-0.2, -0.15) is 0 Å². The number of nitrogens with zero attached hydrogens (tertiary/aromatic N) is 2. The van der Waals surface area contributed by atoms with Gasteiger partial charge in [0.25, 0.3) is 0 Å². The van der Waals surface area contributed by atoms with Gasteiger partial charge in [-0.15, -0.1) is 11.3 Å². The Hall–Kier alpha value is -2.21. The molecular formula is C23H33N3O2S. The minimum absolute atomic E-state index is 0.0709. The molecule has 1 aromatic heterocycles. The van der Waals surface area contributed by atoms with Crippen molar-refractivity contribution in [3.63, 3.8) is 0 Å². The quantitative estimate of drug-likeness (QED) is 0.424. The number of thiazole rings is 1. The normalized spacial score (nSPS) is 10.7. The first-order valence-corrected chi connectivity index (χ1v) is 11.6. The second-order valence-electron chi connectivity index (χ2n) is 7.29.